The maximum atomic E-state index is 3.58. The van der Waals surface area contributed by atoms with E-state index < -0.39 is 0 Å². The minimum Gasteiger partial charge on any atom is -0.314 e. The zero-order valence-electron chi connectivity index (χ0n) is 13.7. The van der Waals surface area contributed by atoms with Crippen LogP contribution in [0.1, 0.15) is 24.0 Å². The summed E-state index contributed by atoms with van der Waals surface area (Å²) in [5.74, 6) is 0.551. The summed E-state index contributed by atoms with van der Waals surface area (Å²) in [7, 11) is 0. The van der Waals surface area contributed by atoms with Crippen LogP contribution in [-0.2, 0) is 6.42 Å². The molecule has 1 aliphatic rings. The van der Waals surface area contributed by atoms with Crippen molar-refractivity contribution >= 4 is 22.6 Å². The number of nitrogens with one attached hydrogen (secondary N) is 1. The molecule has 2 unspecified atom stereocenters. The molecule has 0 aromatic heterocycles. The van der Waals surface area contributed by atoms with Crippen LogP contribution in [0.4, 0.5) is 0 Å². The van der Waals surface area contributed by atoms with Gasteiger partial charge in [-0.3, -0.25) is 4.90 Å². The predicted octanol–water partition coefficient (Wildman–Crippen LogP) is 3.91. The van der Waals surface area contributed by atoms with Crippen LogP contribution in [0.5, 0.6) is 0 Å². The highest BCUT2D eigenvalue weighted by atomic mass is 127. The van der Waals surface area contributed by atoms with E-state index in [1.165, 1.54) is 14.7 Å². The first-order valence-corrected chi connectivity index (χ1v) is 9.56. The molecule has 1 N–H and O–H groups in total. The first kappa shape index (κ1) is 16.9. The molecular formula is C20H25IN2. The lowest BCUT2D eigenvalue weighted by atomic mass is 9.91. The molecular weight excluding hydrogens is 395 g/mol. The second-order valence-electron chi connectivity index (χ2n) is 6.38. The van der Waals surface area contributed by atoms with Crippen molar-refractivity contribution in [1.82, 2.24) is 10.2 Å². The molecule has 2 nitrogen and oxygen atoms in total. The van der Waals surface area contributed by atoms with Crippen molar-refractivity contribution in [2.75, 3.05) is 26.2 Å². The molecule has 3 rings (SSSR count). The van der Waals surface area contributed by atoms with Crippen molar-refractivity contribution in [3.8, 4) is 0 Å². The molecule has 0 amide bonds. The average molecular weight is 420 g/mol. The first-order chi connectivity index (χ1) is 11.2. The van der Waals surface area contributed by atoms with Crippen LogP contribution in [0.2, 0.25) is 0 Å². The van der Waals surface area contributed by atoms with E-state index in [1.807, 2.05) is 0 Å². The van der Waals surface area contributed by atoms with E-state index in [2.05, 4.69) is 94.3 Å². The summed E-state index contributed by atoms with van der Waals surface area (Å²) in [4.78, 5) is 2.67. The minimum absolute atomic E-state index is 0.551. The predicted molar refractivity (Wildman–Crippen MR) is 106 cm³/mol. The summed E-state index contributed by atoms with van der Waals surface area (Å²) in [6.07, 6.45) is 1.14. The van der Waals surface area contributed by atoms with Gasteiger partial charge in [0.05, 0.1) is 0 Å². The van der Waals surface area contributed by atoms with Crippen LogP contribution in [0.3, 0.4) is 0 Å². The molecule has 1 fully saturated rings. The van der Waals surface area contributed by atoms with Crippen LogP contribution >= 0.6 is 22.6 Å². The Morgan fingerprint density at radius 3 is 2.61 bits per heavy atom. The Kier molecular flexibility index (Phi) is 6.08. The zero-order chi connectivity index (χ0) is 16.1. The second-order valence-corrected chi connectivity index (χ2v) is 7.63. The van der Waals surface area contributed by atoms with Crippen molar-refractivity contribution in [3.63, 3.8) is 0 Å². The second kappa shape index (κ2) is 8.27. The lowest BCUT2D eigenvalue weighted by Gasteiger charge is -2.40. The fourth-order valence-corrected chi connectivity index (χ4v) is 3.80. The number of halogens is 1. The van der Waals surface area contributed by atoms with Crippen molar-refractivity contribution in [1.29, 1.82) is 0 Å². The van der Waals surface area contributed by atoms with Gasteiger partial charge in [-0.25, -0.2) is 0 Å². The molecule has 3 heteroatoms. The maximum absolute atomic E-state index is 3.58. The molecule has 0 spiro atoms. The monoisotopic (exact) mass is 420 g/mol. The Morgan fingerprint density at radius 2 is 1.87 bits per heavy atom. The number of nitrogens with zero attached hydrogens (tertiary/aromatic N) is 1. The number of benzene rings is 2. The minimum atomic E-state index is 0.551. The number of piperazine rings is 1. The van der Waals surface area contributed by atoms with Crippen LogP contribution in [0.25, 0.3) is 0 Å². The number of hydrogen-bond acceptors (Lipinski definition) is 2. The lowest BCUT2D eigenvalue weighted by molar-refractivity contribution is 0.144. The molecule has 0 bridgehead atoms. The summed E-state index contributed by atoms with van der Waals surface area (Å²) < 4.78 is 1.31. The quantitative estimate of drug-likeness (QED) is 0.738. The highest BCUT2D eigenvalue weighted by Crippen LogP contribution is 2.25. The third-order valence-electron chi connectivity index (χ3n) is 4.90. The van der Waals surface area contributed by atoms with E-state index in [9.17, 15) is 0 Å². The lowest BCUT2D eigenvalue weighted by Crippen LogP contribution is -2.53. The van der Waals surface area contributed by atoms with Gasteiger partial charge in [-0.05, 0) is 58.2 Å². The van der Waals surface area contributed by atoms with E-state index in [4.69, 9.17) is 0 Å². The molecule has 2 aromatic rings. The third-order valence-corrected chi connectivity index (χ3v) is 5.62. The van der Waals surface area contributed by atoms with Crippen LogP contribution < -0.4 is 5.32 Å². The SMILES string of the molecule is CC(c1ccc(I)cc1)C1CNCCN1CCc1ccccc1. The molecule has 23 heavy (non-hydrogen) atoms. The summed E-state index contributed by atoms with van der Waals surface area (Å²) in [5.41, 5.74) is 2.88. The Bertz CT molecular complexity index is 597. The first-order valence-electron chi connectivity index (χ1n) is 8.48. The average Bonchev–Trinajstić information content (AvgIpc) is 2.61. The van der Waals surface area contributed by atoms with Gasteiger partial charge >= 0.3 is 0 Å². The van der Waals surface area contributed by atoms with Gasteiger partial charge in [0.25, 0.3) is 0 Å². The van der Waals surface area contributed by atoms with E-state index in [-0.39, 0.29) is 0 Å². The molecule has 0 aliphatic carbocycles. The Balaban J connectivity index is 1.67. The normalized spacial score (nSPS) is 20.3. The largest absolute Gasteiger partial charge is 0.314 e. The Morgan fingerprint density at radius 1 is 1.13 bits per heavy atom. The van der Waals surface area contributed by atoms with Crippen molar-refractivity contribution < 1.29 is 0 Å². The molecule has 122 valence electrons. The Hall–Kier alpha value is -0.910. The Labute approximate surface area is 153 Å². The van der Waals surface area contributed by atoms with Gasteiger partial charge in [-0.15, -0.1) is 0 Å². The van der Waals surface area contributed by atoms with Crippen LogP contribution in [-0.4, -0.2) is 37.1 Å². The highest BCUT2D eigenvalue weighted by molar-refractivity contribution is 14.1. The van der Waals surface area contributed by atoms with Crippen molar-refractivity contribution in [3.05, 3.63) is 69.3 Å². The van der Waals surface area contributed by atoms with Gasteiger partial charge in [0, 0.05) is 35.8 Å². The van der Waals surface area contributed by atoms with Gasteiger partial charge in [0.2, 0.25) is 0 Å². The fourth-order valence-electron chi connectivity index (χ4n) is 3.44. The van der Waals surface area contributed by atoms with Gasteiger partial charge in [0.1, 0.15) is 0 Å². The van der Waals surface area contributed by atoms with Crippen molar-refractivity contribution in [2.45, 2.75) is 25.3 Å². The van der Waals surface area contributed by atoms with Gasteiger partial charge in [-0.2, -0.15) is 0 Å². The van der Waals surface area contributed by atoms with Crippen molar-refractivity contribution in [2.24, 2.45) is 0 Å². The summed E-state index contributed by atoms with van der Waals surface area (Å²) in [6, 6.07) is 20.4. The standard InChI is InChI=1S/C20H25IN2/c1-16(18-7-9-19(21)10-8-18)20-15-22-12-14-23(20)13-11-17-5-3-2-4-6-17/h2-10,16,20,22H,11-15H2,1H3. The van der Waals surface area contributed by atoms with Crippen LogP contribution in [0.15, 0.2) is 54.6 Å². The summed E-state index contributed by atoms with van der Waals surface area (Å²) in [6.45, 7) is 6.85. The maximum Gasteiger partial charge on any atom is 0.0287 e. The summed E-state index contributed by atoms with van der Waals surface area (Å²) >= 11 is 2.38. The van der Waals surface area contributed by atoms with Gasteiger partial charge in [0.15, 0.2) is 0 Å². The molecule has 0 radical (unpaired) electrons. The third kappa shape index (κ3) is 4.55. The summed E-state index contributed by atoms with van der Waals surface area (Å²) in [5, 5.41) is 3.58. The molecule has 1 saturated heterocycles. The van der Waals surface area contributed by atoms with E-state index >= 15 is 0 Å². The fraction of sp³-hybridized carbons (Fsp3) is 0.400. The van der Waals surface area contributed by atoms with Gasteiger partial charge < -0.3 is 5.32 Å². The molecule has 2 atom stereocenters. The highest BCUT2D eigenvalue weighted by Gasteiger charge is 2.27. The van der Waals surface area contributed by atoms with Gasteiger partial charge in [-0.1, -0.05) is 49.4 Å². The topological polar surface area (TPSA) is 15.3 Å². The smallest absolute Gasteiger partial charge is 0.0287 e. The number of rotatable bonds is 5. The zero-order valence-corrected chi connectivity index (χ0v) is 15.9. The molecule has 1 heterocycles. The van der Waals surface area contributed by atoms with Crippen LogP contribution in [0, 0.1) is 3.57 Å². The molecule has 0 saturated carbocycles. The number of hydrogen-bond donors (Lipinski definition) is 1. The van der Waals surface area contributed by atoms with E-state index in [0.717, 1.165) is 32.6 Å². The van der Waals surface area contributed by atoms with E-state index in [1.54, 1.807) is 0 Å². The molecule has 1 aliphatic heterocycles. The van der Waals surface area contributed by atoms with E-state index in [0.29, 0.717) is 12.0 Å². The molecule has 2 aromatic carbocycles.